The van der Waals surface area contributed by atoms with Crippen LogP contribution in [0, 0.1) is 0 Å². The van der Waals surface area contributed by atoms with Crippen LogP contribution in [0.1, 0.15) is 67.9 Å². The smallest absolute Gasteiger partial charge is 0.251 e. The second kappa shape index (κ2) is 14.2. The van der Waals surface area contributed by atoms with E-state index in [0.717, 1.165) is 31.6 Å². The summed E-state index contributed by atoms with van der Waals surface area (Å²) < 4.78 is 0. The van der Waals surface area contributed by atoms with E-state index in [4.69, 9.17) is 0 Å². The second-order valence-corrected chi connectivity index (χ2v) is 7.74. The quantitative estimate of drug-likeness (QED) is 0.469. The van der Waals surface area contributed by atoms with Crippen molar-refractivity contribution in [2.24, 2.45) is 0 Å². The van der Waals surface area contributed by atoms with Gasteiger partial charge in [-0.3, -0.25) is 9.69 Å². The van der Waals surface area contributed by atoms with Gasteiger partial charge in [0.05, 0.1) is 0 Å². The molecular formula is C25H37ClN2O. The molecule has 29 heavy (non-hydrogen) atoms. The molecule has 3 nitrogen and oxygen atoms in total. The molecule has 0 saturated carbocycles. The van der Waals surface area contributed by atoms with Gasteiger partial charge in [-0.2, -0.15) is 0 Å². The summed E-state index contributed by atoms with van der Waals surface area (Å²) in [5.41, 5.74) is 3.25. The van der Waals surface area contributed by atoms with Crippen LogP contribution < -0.4 is 5.32 Å². The Bertz CT molecular complexity index is 680. The number of nitrogens with zero attached hydrogens (tertiary/aromatic N) is 1. The van der Waals surface area contributed by atoms with Gasteiger partial charge < -0.3 is 5.32 Å². The first kappa shape index (κ1) is 25.2. The lowest BCUT2D eigenvalue weighted by Gasteiger charge is -2.22. The molecule has 160 valence electrons. The summed E-state index contributed by atoms with van der Waals surface area (Å²) in [5, 5.41) is 3.11. The van der Waals surface area contributed by atoms with Crippen molar-refractivity contribution < 1.29 is 4.79 Å². The first-order valence-electron chi connectivity index (χ1n) is 10.8. The molecule has 1 N–H and O–H groups in total. The molecule has 1 atom stereocenters. The molecule has 0 heterocycles. The average Bonchev–Trinajstić information content (AvgIpc) is 2.71. The maximum Gasteiger partial charge on any atom is 0.251 e. The first-order valence-corrected chi connectivity index (χ1v) is 10.8. The number of hydrogen-bond acceptors (Lipinski definition) is 2. The maximum atomic E-state index is 12.5. The third-order valence-corrected chi connectivity index (χ3v) is 5.04. The number of rotatable bonds is 12. The van der Waals surface area contributed by atoms with Crippen molar-refractivity contribution in [3.8, 4) is 0 Å². The number of carbonyl (C=O) groups excluding carboxylic acids is 1. The Morgan fingerprint density at radius 3 is 2.03 bits per heavy atom. The standard InChI is InChI=1S/C25H36N2O.ClH/c1-4-6-17-27(18-7-5-2)20-23-13-15-24(16-14-23)25(28)26-21(3)19-22-11-9-8-10-12-22;/h8-16,21H,4-7,17-20H2,1-3H3,(H,26,28);1H. The number of benzene rings is 2. The van der Waals surface area contributed by atoms with E-state index in [1.807, 2.05) is 30.3 Å². The monoisotopic (exact) mass is 416 g/mol. The van der Waals surface area contributed by atoms with Gasteiger partial charge in [0.25, 0.3) is 5.91 Å². The molecule has 0 spiro atoms. The molecule has 2 aromatic carbocycles. The van der Waals surface area contributed by atoms with E-state index < -0.39 is 0 Å². The van der Waals surface area contributed by atoms with Gasteiger partial charge in [0.2, 0.25) is 0 Å². The fourth-order valence-corrected chi connectivity index (χ4v) is 3.38. The summed E-state index contributed by atoms with van der Waals surface area (Å²) in [4.78, 5) is 15.1. The van der Waals surface area contributed by atoms with Crippen LogP contribution in [0.2, 0.25) is 0 Å². The van der Waals surface area contributed by atoms with Crippen molar-refractivity contribution in [3.05, 3.63) is 71.3 Å². The summed E-state index contributed by atoms with van der Waals surface area (Å²) in [6, 6.07) is 18.5. The van der Waals surface area contributed by atoms with Crippen LogP contribution in [-0.2, 0) is 13.0 Å². The van der Waals surface area contributed by atoms with Crippen molar-refractivity contribution in [2.45, 2.75) is 65.5 Å². The summed E-state index contributed by atoms with van der Waals surface area (Å²) in [5.74, 6) is 0.00352. The lowest BCUT2D eigenvalue weighted by molar-refractivity contribution is 0.0940. The second-order valence-electron chi connectivity index (χ2n) is 7.74. The predicted molar refractivity (Wildman–Crippen MR) is 126 cm³/mol. The Morgan fingerprint density at radius 1 is 0.897 bits per heavy atom. The molecule has 2 aromatic rings. The fourth-order valence-electron chi connectivity index (χ4n) is 3.38. The number of halogens is 1. The summed E-state index contributed by atoms with van der Waals surface area (Å²) in [6.07, 6.45) is 5.77. The van der Waals surface area contributed by atoms with E-state index >= 15 is 0 Å². The number of amides is 1. The Labute approximate surface area is 183 Å². The molecule has 0 saturated heterocycles. The largest absolute Gasteiger partial charge is 0.349 e. The SMILES string of the molecule is CCCCN(CCCC)Cc1ccc(C(=O)NC(C)Cc2ccccc2)cc1.Cl. The van der Waals surface area contributed by atoms with Crippen molar-refractivity contribution in [1.29, 1.82) is 0 Å². The van der Waals surface area contributed by atoms with Crippen LogP contribution in [-0.4, -0.2) is 29.9 Å². The molecule has 0 aromatic heterocycles. The molecule has 0 fully saturated rings. The molecule has 4 heteroatoms. The van der Waals surface area contributed by atoms with Crippen molar-refractivity contribution in [1.82, 2.24) is 10.2 Å². The van der Waals surface area contributed by atoms with Gasteiger partial charge in [0.1, 0.15) is 0 Å². The van der Waals surface area contributed by atoms with Crippen LogP contribution in [0.25, 0.3) is 0 Å². The highest BCUT2D eigenvalue weighted by Crippen LogP contribution is 2.11. The topological polar surface area (TPSA) is 32.3 Å². The Balaban J connectivity index is 0.00000420. The lowest BCUT2D eigenvalue weighted by Crippen LogP contribution is -2.34. The predicted octanol–water partition coefficient (Wildman–Crippen LogP) is 5.87. The maximum absolute atomic E-state index is 12.5. The number of nitrogens with one attached hydrogen (secondary N) is 1. The zero-order valence-electron chi connectivity index (χ0n) is 18.2. The Kier molecular flexibility index (Phi) is 12.3. The average molecular weight is 417 g/mol. The molecule has 2 rings (SSSR count). The highest BCUT2D eigenvalue weighted by atomic mass is 35.5. The molecule has 1 amide bonds. The zero-order valence-corrected chi connectivity index (χ0v) is 19.0. The van der Waals surface area contributed by atoms with Crippen molar-refractivity contribution >= 4 is 18.3 Å². The van der Waals surface area contributed by atoms with Crippen LogP contribution in [0.4, 0.5) is 0 Å². The minimum absolute atomic E-state index is 0. The minimum atomic E-state index is 0. The number of carbonyl (C=O) groups is 1. The van der Waals surface area contributed by atoms with Crippen LogP contribution in [0.15, 0.2) is 54.6 Å². The molecule has 0 aliphatic heterocycles. The normalized spacial score (nSPS) is 11.7. The van der Waals surface area contributed by atoms with Gasteiger partial charge >= 0.3 is 0 Å². The highest BCUT2D eigenvalue weighted by Gasteiger charge is 2.11. The molecule has 0 aliphatic rings. The van der Waals surface area contributed by atoms with E-state index in [9.17, 15) is 4.79 Å². The molecule has 0 bridgehead atoms. The zero-order chi connectivity index (χ0) is 20.2. The molecular weight excluding hydrogens is 380 g/mol. The Hall–Kier alpha value is -1.84. The van der Waals surface area contributed by atoms with E-state index in [2.05, 4.69) is 55.3 Å². The van der Waals surface area contributed by atoms with Crippen LogP contribution >= 0.6 is 12.4 Å². The van der Waals surface area contributed by atoms with E-state index in [1.54, 1.807) is 0 Å². The summed E-state index contributed by atoms with van der Waals surface area (Å²) >= 11 is 0. The van der Waals surface area contributed by atoms with E-state index in [-0.39, 0.29) is 24.4 Å². The summed E-state index contributed by atoms with van der Waals surface area (Å²) in [7, 11) is 0. The highest BCUT2D eigenvalue weighted by molar-refractivity contribution is 5.94. The van der Waals surface area contributed by atoms with Crippen molar-refractivity contribution in [3.63, 3.8) is 0 Å². The van der Waals surface area contributed by atoms with Gasteiger partial charge in [-0.05, 0) is 62.5 Å². The third kappa shape index (κ3) is 9.47. The van der Waals surface area contributed by atoms with Gasteiger partial charge in [-0.15, -0.1) is 12.4 Å². The molecule has 1 unspecified atom stereocenters. The van der Waals surface area contributed by atoms with Gasteiger partial charge in [-0.25, -0.2) is 0 Å². The van der Waals surface area contributed by atoms with Crippen molar-refractivity contribution in [2.75, 3.05) is 13.1 Å². The van der Waals surface area contributed by atoms with Crippen LogP contribution in [0.5, 0.6) is 0 Å². The molecule has 0 aliphatic carbocycles. The van der Waals surface area contributed by atoms with Gasteiger partial charge in [-0.1, -0.05) is 69.2 Å². The van der Waals surface area contributed by atoms with Gasteiger partial charge in [0, 0.05) is 18.2 Å². The van der Waals surface area contributed by atoms with Gasteiger partial charge in [0.15, 0.2) is 0 Å². The lowest BCUT2D eigenvalue weighted by atomic mass is 10.1. The minimum Gasteiger partial charge on any atom is -0.349 e. The van der Waals surface area contributed by atoms with E-state index in [1.165, 1.54) is 36.8 Å². The fraction of sp³-hybridized carbons (Fsp3) is 0.480. The number of unbranched alkanes of at least 4 members (excludes halogenated alkanes) is 2. The Morgan fingerprint density at radius 2 is 1.48 bits per heavy atom. The van der Waals surface area contributed by atoms with E-state index in [0.29, 0.717) is 0 Å². The molecule has 0 radical (unpaired) electrons. The first-order chi connectivity index (χ1) is 13.6. The van der Waals surface area contributed by atoms with Crippen LogP contribution in [0.3, 0.4) is 0 Å². The number of hydrogen-bond donors (Lipinski definition) is 1. The third-order valence-electron chi connectivity index (χ3n) is 5.04. The summed E-state index contributed by atoms with van der Waals surface area (Å²) in [6.45, 7) is 9.80.